The molecular weight excluding hydrogens is 569 g/mol. The van der Waals surface area contributed by atoms with Crippen LogP contribution in [0.4, 0.5) is 57.1 Å². The summed E-state index contributed by atoms with van der Waals surface area (Å²) in [5.74, 6) is -40.8. The van der Waals surface area contributed by atoms with Crippen LogP contribution in [0.5, 0.6) is 0 Å². The summed E-state index contributed by atoms with van der Waals surface area (Å²) in [7, 11) is -4.53. The molecule has 2 N–H and O–H groups in total. The maximum absolute atomic E-state index is 13.6. The topological polar surface area (TPSA) is 83.5 Å². The van der Waals surface area contributed by atoms with E-state index in [-0.39, 0.29) is 11.8 Å². The first-order valence-corrected chi connectivity index (χ1v) is 11.6. The molecule has 0 aliphatic heterocycles. The van der Waals surface area contributed by atoms with Crippen molar-refractivity contribution in [2.75, 3.05) is 17.3 Å². The molecule has 0 bridgehead atoms. The second-order valence-corrected chi connectivity index (χ2v) is 10.4. The Hall–Kier alpha value is -1.18. The summed E-state index contributed by atoms with van der Waals surface area (Å²) >= 11 is 0.189. The third-order valence-electron chi connectivity index (χ3n) is 4.05. The van der Waals surface area contributed by atoms with E-state index in [1.165, 1.54) is 0 Å². The van der Waals surface area contributed by atoms with Crippen LogP contribution in [0.3, 0.4) is 0 Å². The van der Waals surface area contributed by atoms with E-state index in [4.69, 9.17) is 4.55 Å². The molecule has 1 amide bonds. The Morgan fingerprint density at radius 1 is 0.771 bits per heavy atom. The Bertz CT molecular complexity index is 857. The van der Waals surface area contributed by atoms with Gasteiger partial charge < -0.3 is 5.32 Å². The van der Waals surface area contributed by atoms with Crippen LogP contribution in [0.25, 0.3) is 0 Å². The van der Waals surface area contributed by atoms with Gasteiger partial charge in [0, 0.05) is 18.6 Å². The monoisotopic (exact) mass is 587 g/mol. The van der Waals surface area contributed by atoms with E-state index >= 15 is 0 Å². The molecule has 0 aromatic carbocycles. The van der Waals surface area contributed by atoms with Gasteiger partial charge in [-0.3, -0.25) is 9.35 Å². The molecule has 0 unspecified atom stereocenters. The number of carbonyl (C=O) groups is 1. The Morgan fingerprint density at radius 3 is 1.60 bits per heavy atom. The predicted molar refractivity (Wildman–Crippen MR) is 96.0 cm³/mol. The molecule has 210 valence electrons. The molecule has 0 heterocycles. The minimum Gasteiger partial charge on any atom is -0.350 e. The van der Waals surface area contributed by atoms with Crippen molar-refractivity contribution in [3.05, 3.63) is 0 Å². The van der Waals surface area contributed by atoms with Crippen LogP contribution in [-0.2, 0) is 14.9 Å². The van der Waals surface area contributed by atoms with Gasteiger partial charge in [0.1, 0.15) is 0 Å². The standard InChI is InChI=1S/C15H18F13NO4S2/c1-9(2,7-35(31,32)33)29-8(30)3-5-34-6-4-10(16,17)11(18,19)12(20,21)13(22,23)14(24,25)15(26,27)28/h3-7H2,1-2H3,(H,29,30)(H,31,32,33). The Kier molecular flexibility index (Phi) is 9.95. The molecule has 0 aromatic heterocycles. The second kappa shape index (κ2) is 10.3. The summed E-state index contributed by atoms with van der Waals surface area (Å²) in [6, 6.07) is 0. The highest BCUT2D eigenvalue weighted by Crippen LogP contribution is 2.60. The molecule has 0 saturated heterocycles. The van der Waals surface area contributed by atoms with Crippen molar-refractivity contribution in [3.63, 3.8) is 0 Å². The Labute approximate surface area is 193 Å². The fraction of sp³-hybridized carbons (Fsp3) is 0.933. The van der Waals surface area contributed by atoms with Crippen molar-refractivity contribution in [2.45, 2.75) is 68.0 Å². The molecule has 0 atom stereocenters. The lowest BCUT2D eigenvalue weighted by molar-refractivity contribution is -0.439. The molecule has 35 heavy (non-hydrogen) atoms. The number of amides is 1. The van der Waals surface area contributed by atoms with Crippen molar-refractivity contribution < 1.29 is 74.8 Å². The summed E-state index contributed by atoms with van der Waals surface area (Å²) in [5, 5.41) is 2.10. The number of carbonyl (C=O) groups excluding carboxylic acids is 1. The molecule has 0 saturated carbocycles. The van der Waals surface area contributed by atoms with E-state index in [2.05, 4.69) is 5.32 Å². The number of thioether (sulfide) groups is 1. The SMILES string of the molecule is CC(C)(CS(=O)(=O)O)NC(=O)CCSCCC(F)(F)C(F)(F)C(F)(F)C(F)(F)C(F)(F)C(F)(F)F. The first-order valence-electron chi connectivity index (χ1n) is 8.85. The number of rotatable bonds is 13. The zero-order chi connectivity index (χ0) is 28.5. The Morgan fingerprint density at radius 2 is 1.20 bits per heavy atom. The van der Waals surface area contributed by atoms with Crippen LogP contribution in [0.2, 0.25) is 0 Å². The van der Waals surface area contributed by atoms with Crippen molar-refractivity contribution in [2.24, 2.45) is 0 Å². The first kappa shape index (κ1) is 33.8. The molecule has 5 nitrogen and oxygen atoms in total. The third kappa shape index (κ3) is 7.65. The average Bonchev–Trinajstić information content (AvgIpc) is 2.56. The van der Waals surface area contributed by atoms with E-state index in [0.29, 0.717) is 0 Å². The van der Waals surface area contributed by atoms with Crippen LogP contribution in [0, 0.1) is 0 Å². The predicted octanol–water partition coefficient (Wildman–Crippen LogP) is 5.02. The summed E-state index contributed by atoms with van der Waals surface area (Å²) in [5.41, 5.74) is -1.51. The van der Waals surface area contributed by atoms with E-state index in [9.17, 15) is 70.3 Å². The number of halogens is 13. The first-order chi connectivity index (χ1) is 15.1. The van der Waals surface area contributed by atoms with E-state index in [1.807, 2.05) is 0 Å². The van der Waals surface area contributed by atoms with Crippen molar-refractivity contribution in [3.8, 4) is 0 Å². The quantitative estimate of drug-likeness (QED) is 0.180. The maximum Gasteiger partial charge on any atom is 0.460 e. The molecule has 0 radical (unpaired) electrons. The molecule has 0 aliphatic carbocycles. The lowest BCUT2D eigenvalue weighted by Crippen LogP contribution is -2.70. The highest BCUT2D eigenvalue weighted by Gasteiger charge is 2.90. The highest BCUT2D eigenvalue weighted by atomic mass is 32.2. The molecule has 0 rings (SSSR count). The summed E-state index contributed by atoms with van der Waals surface area (Å²) in [4.78, 5) is 11.7. The molecule has 0 spiro atoms. The van der Waals surface area contributed by atoms with Gasteiger partial charge in [0.05, 0.1) is 11.3 Å². The maximum atomic E-state index is 13.6. The van der Waals surface area contributed by atoms with Gasteiger partial charge in [0.2, 0.25) is 5.91 Å². The largest absolute Gasteiger partial charge is 0.460 e. The van der Waals surface area contributed by atoms with Gasteiger partial charge >= 0.3 is 35.8 Å². The lowest BCUT2D eigenvalue weighted by Gasteiger charge is -2.39. The molecule has 0 aliphatic rings. The molecule has 0 fully saturated rings. The molecule has 20 heteroatoms. The van der Waals surface area contributed by atoms with Gasteiger partial charge in [-0.2, -0.15) is 77.3 Å². The van der Waals surface area contributed by atoms with Gasteiger partial charge in [-0.25, -0.2) is 0 Å². The van der Waals surface area contributed by atoms with Crippen molar-refractivity contribution in [1.29, 1.82) is 0 Å². The fourth-order valence-corrected chi connectivity index (χ4v) is 4.28. The zero-order valence-electron chi connectivity index (χ0n) is 17.4. The van der Waals surface area contributed by atoms with Gasteiger partial charge in [-0.1, -0.05) is 0 Å². The molecular formula is C15H18F13NO4S2. The van der Waals surface area contributed by atoms with E-state index < -0.39 is 87.5 Å². The van der Waals surface area contributed by atoms with E-state index in [0.717, 1.165) is 13.8 Å². The summed E-state index contributed by atoms with van der Waals surface area (Å²) in [6.45, 7) is 2.32. The smallest absolute Gasteiger partial charge is 0.350 e. The zero-order valence-corrected chi connectivity index (χ0v) is 19.1. The fourth-order valence-electron chi connectivity index (χ4n) is 2.36. The normalized spacial score (nSPS) is 15.3. The van der Waals surface area contributed by atoms with Crippen LogP contribution < -0.4 is 5.32 Å². The number of nitrogens with one attached hydrogen (secondary N) is 1. The highest BCUT2D eigenvalue weighted by molar-refractivity contribution is 7.99. The van der Waals surface area contributed by atoms with Crippen molar-refractivity contribution >= 4 is 27.8 Å². The number of hydrogen-bond donors (Lipinski definition) is 2. The third-order valence-corrected chi connectivity index (χ3v) is 6.13. The second-order valence-electron chi connectivity index (χ2n) is 7.77. The number of alkyl halides is 13. The van der Waals surface area contributed by atoms with Crippen LogP contribution in [0.15, 0.2) is 0 Å². The van der Waals surface area contributed by atoms with Crippen LogP contribution >= 0.6 is 11.8 Å². The van der Waals surface area contributed by atoms with E-state index in [1.54, 1.807) is 0 Å². The summed E-state index contributed by atoms with van der Waals surface area (Å²) < 4.78 is 199. The average molecular weight is 587 g/mol. The van der Waals surface area contributed by atoms with Gasteiger partial charge in [0.25, 0.3) is 10.1 Å². The van der Waals surface area contributed by atoms with Crippen LogP contribution in [-0.4, -0.2) is 77.5 Å². The van der Waals surface area contributed by atoms with Gasteiger partial charge in [-0.15, -0.1) is 0 Å². The van der Waals surface area contributed by atoms with Crippen LogP contribution in [0.1, 0.15) is 26.7 Å². The van der Waals surface area contributed by atoms with Crippen molar-refractivity contribution in [1.82, 2.24) is 5.32 Å². The lowest BCUT2D eigenvalue weighted by atomic mass is 9.93. The van der Waals surface area contributed by atoms with Gasteiger partial charge in [0.15, 0.2) is 0 Å². The Balaban J connectivity index is 5.19. The van der Waals surface area contributed by atoms with Gasteiger partial charge in [-0.05, 0) is 19.6 Å². The number of hydrogen-bond acceptors (Lipinski definition) is 4. The summed E-state index contributed by atoms with van der Waals surface area (Å²) in [6.07, 6.45) is -10.5. The minimum absolute atomic E-state index is 0.189. The molecule has 0 aromatic rings. The minimum atomic E-state index is -7.95.